The molecule has 0 amide bonds. The van der Waals surface area contributed by atoms with Crippen molar-refractivity contribution in [1.29, 1.82) is 0 Å². The topological polar surface area (TPSA) is 59.6 Å². The van der Waals surface area contributed by atoms with Crippen molar-refractivity contribution in [3.63, 3.8) is 0 Å². The van der Waals surface area contributed by atoms with E-state index in [0.29, 0.717) is 24.3 Å². The molecule has 100 valence electrons. The van der Waals surface area contributed by atoms with E-state index in [4.69, 9.17) is 10.5 Å². The molecule has 0 aromatic heterocycles. The van der Waals surface area contributed by atoms with Gasteiger partial charge in [-0.1, -0.05) is 19.1 Å². The smallest absolute Gasteiger partial charge is 0.188 e. The predicted molar refractivity (Wildman–Crippen MR) is 82.8 cm³/mol. The maximum absolute atomic E-state index is 5.75. The zero-order valence-electron chi connectivity index (χ0n) is 10.7. The minimum Gasteiger partial charge on any atom is -0.381 e. The lowest BCUT2D eigenvalue weighted by atomic mass is 9.90. The molecule has 3 N–H and O–H groups in total. The lowest BCUT2D eigenvalue weighted by Gasteiger charge is -2.29. The highest BCUT2D eigenvalue weighted by atomic mass is 127. The van der Waals surface area contributed by atoms with Gasteiger partial charge in [0.05, 0.1) is 6.54 Å². The first-order chi connectivity index (χ1) is 7.59. The number of nitrogens with two attached hydrogens (primary N) is 1. The molecule has 1 rings (SSSR count). The third kappa shape index (κ3) is 6.88. The predicted octanol–water partition coefficient (Wildman–Crippen LogP) is 1.76. The number of nitrogens with zero attached hydrogens (tertiary/aromatic N) is 1. The van der Waals surface area contributed by atoms with E-state index in [0.717, 1.165) is 31.8 Å². The molecule has 17 heavy (non-hydrogen) atoms. The Bertz CT molecular complexity index is 268. The molecule has 1 aliphatic rings. The van der Waals surface area contributed by atoms with E-state index in [9.17, 15) is 0 Å². The monoisotopic (exact) mass is 353 g/mol. The average Bonchev–Trinajstić information content (AvgIpc) is 2.25. The first-order valence-corrected chi connectivity index (χ1v) is 5.85. The van der Waals surface area contributed by atoms with Gasteiger partial charge in [-0.05, 0) is 25.2 Å². The molecule has 2 atom stereocenters. The van der Waals surface area contributed by atoms with Gasteiger partial charge in [-0.2, -0.15) is 0 Å². The number of ether oxygens (including phenoxy) is 1. The second-order valence-electron chi connectivity index (χ2n) is 4.64. The van der Waals surface area contributed by atoms with E-state index in [1.165, 1.54) is 0 Å². The van der Waals surface area contributed by atoms with Crippen LogP contribution in [0.15, 0.2) is 17.1 Å². The third-order valence-corrected chi connectivity index (χ3v) is 2.88. The van der Waals surface area contributed by atoms with Gasteiger partial charge in [0.1, 0.15) is 0 Å². The molecule has 1 saturated heterocycles. The second-order valence-corrected chi connectivity index (χ2v) is 4.64. The van der Waals surface area contributed by atoms with E-state index in [2.05, 4.69) is 23.8 Å². The number of halogens is 1. The summed E-state index contributed by atoms with van der Waals surface area (Å²) < 4.78 is 5.40. The van der Waals surface area contributed by atoms with E-state index in [1.807, 2.05) is 6.92 Å². The van der Waals surface area contributed by atoms with Crippen molar-refractivity contribution in [2.45, 2.75) is 20.3 Å². The molecule has 1 aliphatic heterocycles. The van der Waals surface area contributed by atoms with Gasteiger partial charge >= 0.3 is 0 Å². The van der Waals surface area contributed by atoms with E-state index < -0.39 is 0 Å². The summed E-state index contributed by atoms with van der Waals surface area (Å²) >= 11 is 0. The molecule has 5 heteroatoms. The van der Waals surface area contributed by atoms with Crippen LogP contribution in [-0.2, 0) is 4.74 Å². The number of guanidine groups is 1. The van der Waals surface area contributed by atoms with Crippen molar-refractivity contribution in [2.24, 2.45) is 22.6 Å². The van der Waals surface area contributed by atoms with Crippen LogP contribution >= 0.6 is 24.0 Å². The average molecular weight is 353 g/mol. The Morgan fingerprint density at radius 2 is 2.29 bits per heavy atom. The Kier molecular flexibility index (Phi) is 8.59. The molecular formula is C12H24IN3O. The Hall–Kier alpha value is -0.300. The maximum atomic E-state index is 5.75. The molecule has 0 aromatic rings. The highest BCUT2D eigenvalue weighted by molar-refractivity contribution is 14.0. The van der Waals surface area contributed by atoms with Crippen molar-refractivity contribution in [1.82, 2.24) is 5.32 Å². The number of hydrogen-bond donors (Lipinski definition) is 2. The van der Waals surface area contributed by atoms with Gasteiger partial charge in [-0.25, -0.2) is 4.99 Å². The molecule has 0 aliphatic carbocycles. The summed E-state index contributed by atoms with van der Waals surface area (Å²) in [4.78, 5) is 4.19. The van der Waals surface area contributed by atoms with Gasteiger partial charge in [-0.3, -0.25) is 0 Å². The van der Waals surface area contributed by atoms with Crippen LogP contribution in [0, 0.1) is 11.8 Å². The molecule has 0 spiro atoms. The van der Waals surface area contributed by atoms with Gasteiger partial charge in [0.15, 0.2) is 5.96 Å². The lowest BCUT2D eigenvalue weighted by Crippen LogP contribution is -2.39. The van der Waals surface area contributed by atoms with Crippen LogP contribution in [0.25, 0.3) is 0 Å². The highest BCUT2D eigenvalue weighted by Crippen LogP contribution is 2.20. The Morgan fingerprint density at radius 3 is 2.88 bits per heavy atom. The number of nitrogens with one attached hydrogen (secondary N) is 1. The van der Waals surface area contributed by atoms with Crippen LogP contribution < -0.4 is 11.1 Å². The van der Waals surface area contributed by atoms with Crippen molar-refractivity contribution >= 4 is 29.9 Å². The Morgan fingerprint density at radius 1 is 1.59 bits per heavy atom. The standard InChI is InChI=1S/C12H23N3O.HI/c1-9(2)6-14-12(13)15-7-11-4-5-16-8-10(11)3;/h10-11H,1,4-8H2,2-3H3,(H3,13,14,15);1H. The zero-order valence-corrected chi connectivity index (χ0v) is 13.1. The number of rotatable bonds is 4. The quantitative estimate of drug-likeness (QED) is 0.350. The summed E-state index contributed by atoms with van der Waals surface area (Å²) in [5.41, 5.74) is 6.77. The molecule has 1 heterocycles. The van der Waals surface area contributed by atoms with E-state index >= 15 is 0 Å². The van der Waals surface area contributed by atoms with Crippen LogP contribution in [-0.4, -0.2) is 32.3 Å². The van der Waals surface area contributed by atoms with Crippen LogP contribution in [0.4, 0.5) is 0 Å². The van der Waals surface area contributed by atoms with E-state index in [1.54, 1.807) is 0 Å². The largest absolute Gasteiger partial charge is 0.381 e. The highest BCUT2D eigenvalue weighted by Gasteiger charge is 2.21. The number of hydrogen-bond acceptors (Lipinski definition) is 2. The van der Waals surface area contributed by atoms with Crippen LogP contribution in [0.3, 0.4) is 0 Å². The molecule has 4 nitrogen and oxygen atoms in total. The van der Waals surface area contributed by atoms with E-state index in [-0.39, 0.29) is 24.0 Å². The summed E-state index contributed by atoms with van der Waals surface area (Å²) in [6.07, 6.45) is 1.10. The molecular weight excluding hydrogens is 329 g/mol. The molecule has 1 fully saturated rings. The van der Waals surface area contributed by atoms with Crippen LogP contribution in [0.2, 0.25) is 0 Å². The Balaban J connectivity index is 0.00000256. The zero-order chi connectivity index (χ0) is 12.0. The van der Waals surface area contributed by atoms with Gasteiger partial charge < -0.3 is 15.8 Å². The fraction of sp³-hybridized carbons (Fsp3) is 0.750. The van der Waals surface area contributed by atoms with Crippen molar-refractivity contribution < 1.29 is 4.74 Å². The van der Waals surface area contributed by atoms with Crippen molar-refractivity contribution in [3.05, 3.63) is 12.2 Å². The molecule has 0 bridgehead atoms. The maximum Gasteiger partial charge on any atom is 0.188 e. The summed E-state index contributed by atoms with van der Waals surface area (Å²) in [6, 6.07) is 0. The SMILES string of the molecule is C=C(C)CN=C(N)NCC1CCOCC1C.I. The third-order valence-electron chi connectivity index (χ3n) is 2.88. The molecule has 2 unspecified atom stereocenters. The summed E-state index contributed by atoms with van der Waals surface area (Å²) in [7, 11) is 0. The van der Waals surface area contributed by atoms with Crippen LogP contribution in [0.1, 0.15) is 20.3 Å². The minimum atomic E-state index is 0. The lowest BCUT2D eigenvalue weighted by molar-refractivity contribution is 0.0258. The molecule has 0 saturated carbocycles. The minimum absolute atomic E-state index is 0. The van der Waals surface area contributed by atoms with Crippen molar-refractivity contribution in [3.8, 4) is 0 Å². The Labute approximate surface area is 121 Å². The van der Waals surface area contributed by atoms with Crippen molar-refractivity contribution in [2.75, 3.05) is 26.3 Å². The van der Waals surface area contributed by atoms with Gasteiger partial charge in [0.2, 0.25) is 0 Å². The summed E-state index contributed by atoms with van der Waals surface area (Å²) in [6.45, 7) is 11.1. The number of aliphatic imine (C=N–C) groups is 1. The second kappa shape index (κ2) is 8.74. The normalized spacial score (nSPS) is 24.9. The van der Waals surface area contributed by atoms with Gasteiger partial charge in [0.25, 0.3) is 0 Å². The van der Waals surface area contributed by atoms with Gasteiger partial charge in [0, 0.05) is 19.8 Å². The molecule has 0 aromatic carbocycles. The fourth-order valence-corrected chi connectivity index (χ4v) is 1.74. The summed E-state index contributed by atoms with van der Waals surface area (Å²) in [5, 5.41) is 3.17. The van der Waals surface area contributed by atoms with Crippen LogP contribution in [0.5, 0.6) is 0 Å². The summed E-state index contributed by atoms with van der Waals surface area (Å²) in [5.74, 6) is 1.74. The molecule has 0 radical (unpaired) electrons. The fourth-order valence-electron chi connectivity index (χ4n) is 1.74. The van der Waals surface area contributed by atoms with Gasteiger partial charge in [-0.15, -0.1) is 24.0 Å². The first kappa shape index (κ1) is 16.7. The first-order valence-electron chi connectivity index (χ1n) is 5.85.